The van der Waals surface area contributed by atoms with Crippen LogP contribution in [0.4, 0.5) is 0 Å². The first-order valence-corrected chi connectivity index (χ1v) is 6.29. The minimum Gasteiger partial charge on any atom is -0.496 e. The molecule has 0 radical (unpaired) electrons. The summed E-state index contributed by atoms with van der Waals surface area (Å²) in [5.41, 5.74) is 1.91. The summed E-state index contributed by atoms with van der Waals surface area (Å²) >= 11 is 0. The molecule has 1 heterocycles. The molecule has 1 saturated heterocycles. The quantitative estimate of drug-likeness (QED) is 0.866. The van der Waals surface area contributed by atoms with Gasteiger partial charge in [0.05, 0.1) is 13.5 Å². The van der Waals surface area contributed by atoms with E-state index >= 15 is 0 Å². The first kappa shape index (κ1) is 12.9. The van der Waals surface area contributed by atoms with E-state index in [2.05, 4.69) is 4.90 Å². The second-order valence-corrected chi connectivity index (χ2v) is 4.70. The van der Waals surface area contributed by atoms with E-state index in [4.69, 9.17) is 9.84 Å². The lowest BCUT2D eigenvalue weighted by atomic mass is 10.1. The standard InChI is InChI=1S/C14H19NO3/c1-18-13-5-4-11(8-12(13)9-14(16)17)10-15-6-2-3-7-15/h4-5,8H,2-3,6-7,9-10H2,1H3,(H,16,17). The summed E-state index contributed by atoms with van der Waals surface area (Å²) in [4.78, 5) is 13.2. The molecule has 0 aromatic heterocycles. The molecular formula is C14H19NO3. The third-order valence-corrected chi connectivity index (χ3v) is 3.29. The van der Waals surface area contributed by atoms with Crippen LogP contribution in [0.3, 0.4) is 0 Å². The predicted octanol–water partition coefficient (Wildman–Crippen LogP) is 1.92. The molecule has 4 heteroatoms. The second-order valence-electron chi connectivity index (χ2n) is 4.70. The van der Waals surface area contributed by atoms with Crippen LogP contribution in [0.2, 0.25) is 0 Å². The van der Waals surface area contributed by atoms with E-state index in [-0.39, 0.29) is 6.42 Å². The highest BCUT2D eigenvalue weighted by atomic mass is 16.5. The topological polar surface area (TPSA) is 49.8 Å². The predicted molar refractivity (Wildman–Crippen MR) is 68.8 cm³/mol. The largest absolute Gasteiger partial charge is 0.496 e. The Morgan fingerprint density at radius 1 is 1.39 bits per heavy atom. The highest BCUT2D eigenvalue weighted by Gasteiger charge is 2.14. The van der Waals surface area contributed by atoms with Crippen LogP contribution in [0.15, 0.2) is 18.2 Å². The lowest BCUT2D eigenvalue weighted by Gasteiger charge is -2.16. The van der Waals surface area contributed by atoms with Gasteiger partial charge in [0, 0.05) is 12.1 Å². The molecule has 98 valence electrons. The molecule has 0 amide bonds. The van der Waals surface area contributed by atoms with Gasteiger partial charge in [0.1, 0.15) is 5.75 Å². The van der Waals surface area contributed by atoms with Crippen molar-refractivity contribution in [2.45, 2.75) is 25.8 Å². The minimum atomic E-state index is -0.827. The van der Waals surface area contributed by atoms with Crippen LogP contribution in [-0.4, -0.2) is 36.2 Å². The molecule has 0 aliphatic carbocycles. The SMILES string of the molecule is COc1ccc(CN2CCCC2)cc1CC(=O)O. The number of rotatable bonds is 5. The molecule has 2 rings (SSSR count). The molecule has 0 saturated carbocycles. The van der Waals surface area contributed by atoms with Gasteiger partial charge in [0.15, 0.2) is 0 Å². The van der Waals surface area contributed by atoms with Crippen LogP contribution in [0, 0.1) is 0 Å². The molecule has 0 bridgehead atoms. The van der Waals surface area contributed by atoms with Gasteiger partial charge in [-0.1, -0.05) is 12.1 Å². The zero-order valence-corrected chi connectivity index (χ0v) is 10.7. The van der Waals surface area contributed by atoms with Crippen LogP contribution >= 0.6 is 0 Å². The van der Waals surface area contributed by atoms with Crippen molar-refractivity contribution in [2.75, 3.05) is 20.2 Å². The molecule has 0 atom stereocenters. The van der Waals surface area contributed by atoms with Crippen molar-refractivity contribution in [1.29, 1.82) is 0 Å². The Morgan fingerprint density at radius 3 is 2.72 bits per heavy atom. The van der Waals surface area contributed by atoms with Gasteiger partial charge in [0.2, 0.25) is 0 Å². The van der Waals surface area contributed by atoms with Gasteiger partial charge in [-0.3, -0.25) is 9.69 Å². The van der Waals surface area contributed by atoms with E-state index in [1.165, 1.54) is 12.8 Å². The summed E-state index contributed by atoms with van der Waals surface area (Å²) in [7, 11) is 1.57. The Hall–Kier alpha value is -1.55. The van der Waals surface area contributed by atoms with Gasteiger partial charge in [-0.25, -0.2) is 0 Å². The summed E-state index contributed by atoms with van der Waals surface area (Å²) in [6, 6.07) is 5.83. The number of methoxy groups -OCH3 is 1. The van der Waals surface area contributed by atoms with Crippen molar-refractivity contribution in [1.82, 2.24) is 4.90 Å². The van der Waals surface area contributed by atoms with E-state index in [9.17, 15) is 4.79 Å². The Morgan fingerprint density at radius 2 is 2.11 bits per heavy atom. The zero-order chi connectivity index (χ0) is 13.0. The maximum absolute atomic E-state index is 10.8. The van der Waals surface area contributed by atoms with E-state index in [1.807, 2.05) is 18.2 Å². The van der Waals surface area contributed by atoms with E-state index in [0.717, 1.165) is 30.8 Å². The molecular weight excluding hydrogens is 230 g/mol. The monoisotopic (exact) mass is 249 g/mol. The van der Waals surface area contributed by atoms with Crippen LogP contribution in [-0.2, 0) is 17.8 Å². The smallest absolute Gasteiger partial charge is 0.307 e. The van der Waals surface area contributed by atoms with Crippen molar-refractivity contribution >= 4 is 5.97 Å². The van der Waals surface area contributed by atoms with Gasteiger partial charge >= 0.3 is 5.97 Å². The molecule has 0 unspecified atom stereocenters. The van der Waals surface area contributed by atoms with E-state index in [0.29, 0.717) is 5.75 Å². The second kappa shape index (κ2) is 5.87. The third-order valence-electron chi connectivity index (χ3n) is 3.29. The number of carbonyl (C=O) groups is 1. The van der Waals surface area contributed by atoms with Crippen molar-refractivity contribution in [2.24, 2.45) is 0 Å². The fourth-order valence-electron chi connectivity index (χ4n) is 2.43. The lowest BCUT2D eigenvalue weighted by Crippen LogP contribution is -2.18. The number of benzene rings is 1. The maximum Gasteiger partial charge on any atom is 0.307 e. The molecule has 1 aliphatic rings. The number of likely N-dealkylation sites (tertiary alicyclic amines) is 1. The summed E-state index contributed by atoms with van der Waals surface area (Å²) < 4.78 is 5.19. The lowest BCUT2D eigenvalue weighted by molar-refractivity contribution is -0.136. The Bertz CT molecular complexity index is 425. The molecule has 1 aromatic carbocycles. The molecule has 18 heavy (non-hydrogen) atoms. The maximum atomic E-state index is 10.8. The van der Waals surface area contributed by atoms with Crippen LogP contribution in [0.5, 0.6) is 5.75 Å². The van der Waals surface area contributed by atoms with Gasteiger partial charge in [-0.15, -0.1) is 0 Å². The highest BCUT2D eigenvalue weighted by Crippen LogP contribution is 2.22. The van der Waals surface area contributed by atoms with Gasteiger partial charge in [0.25, 0.3) is 0 Å². The number of carboxylic acids is 1. The van der Waals surface area contributed by atoms with Gasteiger partial charge in [-0.05, 0) is 37.6 Å². The molecule has 1 N–H and O–H groups in total. The molecule has 1 fully saturated rings. The Labute approximate surface area is 107 Å². The Balaban J connectivity index is 2.13. The normalized spacial score (nSPS) is 15.8. The van der Waals surface area contributed by atoms with Crippen molar-refractivity contribution < 1.29 is 14.6 Å². The van der Waals surface area contributed by atoms with Crippen LogP contribution in [0.25, 0.3) is 0 Å². The fourth-order valence-corrected chi connectivity index (χ4v) is 2.43. The molecule has 0 spiro atoms. The first-order valence-electron chi connectivity index (χ1n) is 6.29. The van der Waals surface area contributed by atoms with Crippen LogP contribution < -0.4 is 4.74 Å². The fraction of sp³-hybridized carbons (Fsp3) is 0.500. The summed E-state index contributed by atoms with van der Waals surface area (Å²) in [6.45, 7) is 3.18. The van der Waals surface area contributed by atoms with Gasteiger partial charge in [-0.2, -0.15) is 0 Å². The average Bonchev–Trinajstić information content (AvgIpc) is 2.81. The number of aliphatic carboxylic acids is 1. The highest BCUT2D eigenvalue weighted by molar-refractivity contribution is 5.71. The van der Waals surface area contributed by atoms with E-state index in [1.54, 1.807) is 7.11 Å². The van der Waals surface area contributed by atoms with E-state index < -0.39 is 5.97 Å². The molecule has 1 aliphatic heterocycles. The molecule has 1 aromatic rings. The van der Waals surface area contributed by atoms with Crippen molar-refractivity contribution in [3.05, 3.63) is 29.3 Å². The average molecular weight is 249 g/mol. The third kappa shape index (κ3) is 3.23. The summed E-state index contributed by atoms with van der Waals surface area (Å²) in [5.74, 6) is -0.172. The Kier molecular flexibility index (Phi) is 4.20. The first-order chi connectivity index (χ1) is 8.69. The summed E-state index contributed by atoms with van der Waals surface area (Å²) in [5, 5.41) is 8.90. The minimum absolute atomic E-state index is 0.0109. The summed E-state index contributed by atoms with van der Waals surface area (Å²) in [6.07, 6.45) is 2.54. The number of ether oxygens (including phenoxy) is 1. The zero-order valence-electron chi connectivity index (χ0n) is 10.7. The number of hydrogen-bond donors (Lipinski definition) is 1. The van der Waals surface area contributed by atoms with Crippen molar-refractivity contribution in [3.8, 4) is 5.75 Å². The van der Waals surface area contributed by atoms with Crippen LogP contribution in [0.1, 0.15) is 24.0 Å². The van der Waals surface area contributed by atoms with Crippen molar-refractivity contribution in [3.63, 3.8) is 0 Å². The number of hydrogen-bond acceptors (Lipinski definition) is 3. The number of carboxylic acid groups (broad SMARTS) is 1. The number of nitrogens with zero attached hydrogens (tertiary/aromatic N) is 1. The van der Waals surface area contributed by atoms with Gasteiger partial charge < -0.3 is 9.84 Å². The molecule has 4 nitrogen and oxygen atoms in total.